The highest BCUT2D eigenvalue weighted by Gasteiger charge is 2.38. The first kappa shape index (κ1) is 34.1. The van der Waals surface area contributed by atoms with Crippen molar-refractivity contribution in [3.05, 3.63) is 71.9 Å². The number of nitrogens with one attached hydrogen (secondary N) is 4. The van der Waals surface area contributed by atoms with Crippen LogP contribution in [0.3, 0.4) is 0 Å². The Morgan fingerprint density at radius 1 is 0.889 bits per heavy atom. The lowest BCUT2D eigenvalue weighted by molar-refractivity contribution is -0.178. The fourth-order valence-electron chi connectivity index (χ4n) is 4.37. The molecule has 0 spiro atoms. The third kappa shape index (κ3) is 9.29. The van der Waals surface area contributed by atoms with Crippen molar-refractivity contribution in [3.8, 4) is 0 Å². The second-order valence-corrected chi connectivity index (χ2v) is 11.0. The fourth-order valence-corrected chi connectivity index (χ4v) is 4.37. The Labute approximate surface area is 258 Å². The molecule has 240 valence electrons. The Bertz CT molecular complexity index is 1550. The molecule has 14 heteroatoms. The number of rotatable bonds is 15. The first-order valence-electron chi connectivity index (χ1n) is 14.0. The number of fused-ring (bicyclic) bond motifs is 1. The molecular formula is C31H36N4O10. The van der Waals surface area contributed by atoms with Gasteiger partial charge >= 0.3 is 24.0 Å². The molecule has 2 atom stereocenters. The summed E-state index contributed by atoms with van der Waals surface area (Å²) in [6.07, 6.45) is -0.289. The molecule has 2 aromatic carbocycles. The Hall–Kier alpha value is -5.40. The number of esters is 2. The quantitative estimate of drug-likeness (QED) is 0.0826. The van der Waals surface area contributed by atoms with Gasteiger partial charge in [-0.3, -0.25) is 24.0 Å². The average Bonchev–Trinajstić information content (AvgIpc) is 3.40. The number of amides is 3. The summed E-state index contributed by atoms with van der Waals surface area (Å²) in [6, 6.07) is 15.4. The molecule has 0 aliphatic heterocycles. The van der Waals surface area contributed by atoms with Crippen LogP contribution in [0.25, 0.3) is 10.9 Å². The van der Waals surface area contributed by atoms with Crippen molar-refractivity contribution < 1.29 is 48.5 Å². The van der Waals surface area contributed by atoms with Crippen LogP contribution >= 0.6 is 0 Å². The summed E-state index contributed by atoms with van der Waals surface area (Å²) in [5.41, 5.74) is -1.17. The summed E-state index contributed by atoms with van der Waals surface area (Å²) < 4.78 is 9.46. The Balaban J connectivity index is 1.61. The highest BCUT2D eigenvalue weighted by atomic mass is 16.7. The van der Waals surface area contributed by atoms with Gasteiger partial charge in [0.1, 0.15) is 5.54 Å². The number of H-pyrrole nitrogens is 1. The summed E-state index contributed by atoms with van der Waals surface area (Å²) in [4.78, 5) is 76.0. The lowest BCUT2D eigenvalue weighted by atomic mass is 9.91. The molecule has 3 aromatic rings. The van der Waals surface area contributed by atoms with Gasteiger partial charge in [-0.05, 0) is 38.0 Å². The van der Waals surface area contributed by atoms with Crippen molar-refractivity contribution in [2.24, 2.45) is 5.41 Å². The number of para-hydroxylation sites is 1. The number of benzene rings is 2. The molecular weight excluding hydrogens is 588 g/mol. The largest absolute Gasteiger partial charge is 0.480 e. The number of carbonyl (C=O) groups is 6. The van der Waals surface area contributed by atoms with Crippen LogP contribution in [0.1, 0.15) is 50.8 Å². The standard InChI is InChI=1S/C31H36N4O10/c1-30(2,27(39)40)28(41)45-18-44-25(37)14-13-24(36)34-23(19-9-5-4-6-10-19)17-33-26(38)31(3,35-29(42)43)15-20-16-32-22-12-8-7-11-21(20)22/h4-12,16,23,32,35H,13-15,17-18H2,1-3H3,(H,33,38)(H,34,36)(H,39,40)(H,42,43). The van der Waals surface area contributed by atoms with Crippen LogP contribution in [0.4, 0.5) is 4.79 Å². The molecule has 0 saturated heterocycles. The molecule has 45 heavy (non-hydrogen) atoms. The lowest BCUT2D eigenvalue weighted by Crippen LogP contribution is -2.58. The zero-order valence-corrected chi connectivity index (χ0v) is 25.0. The van der Waals surface area contributed by atoms with Gasteiger partial charge in [0.05, 0.1) is 12.5 Å². The third-order valence-corrected chi connectivity index (χ3v) is 7.12. The van der Waals surface area contributed by atoms with Crippen LogP contribution in [-0.4, -0.2) is 69.9 Å². The van der Waals surface area contributed by atoms with Crippen LogP contribution in [0.15, 0.2) is 60.8 Å². The van der Waals surface area contributed by atoms with Crippen molar-refractivity contribution in [1.82, 2.24) is 20.9 Å². The summed E-state index contributed by atoms with van der Waals surface area (Å²) in [7, 11) is 0. The third-order valence-electron chi connectivity index (χ3n) is 7.12. The van der Waals surface area contributed by atoms with Gasteiger partial charge < -0.3 is 40.6 Å². The molecule has 3 amide bonds. The van der Waals surface area contributed by atoms with Gasteiger partial charge in [0, 0.05) is 36.5 Å². The Morgan fingerprint density at radius 2 is 1.56 bits per heavy atom. The van der Waals surface area contributed by atoms with E-state index in [1.807, 2.05) is 24.3 Å². The maximum atomic E-state index is 13.5. The van der Waals surface area contributed by atoms with Gasteiger partial charge in [-0.2, -0.15) is 0 Å². The topological polar surface area (TPSA) is 213 Å². The van der Waals surface area contributed by atoms with Gasteiger partial charge in [-0.25, -0.2) is 4.79 Å². The molecule has 0 saturated carbocycles. The first-order chi connectivity index (χ1) is 21.2. The highest BCUT2D eigenvalue weighted by Crippen LogP contribution is 2.23. The number of aliphatic carboxylic acids is 1. The van der Waals surface area contributed by atoms with E-state index in [1.54, 1.807) is 36.5 Å². The van der Waals surface area contributed by atoms with Crippen molar-refractivity contribution in [2.45, 2.75) is 51.6 Å². The summed E-state index contributed by atoms with van der Waals surface area (Å²) >= 11 is 0. The van der Waals surface area contributed by atoms with E-state index in [4.69, 9.17) is 9.84 Å². The second-order valence-electron chi connectivity index (χ2n) is 11.0. The van der Waals surface area contributed by atoms with Crippen LogP contribution in [-0.2, 0) is 39.9 Å². The summed E-state index contributed by atoms with van der Waals surface area (Å²) in [6.45, 7) is 2.85. The molecule has 0 aliphatic carbocycles. The maximum Gasteiger partial charge on any atom is 0.405 e. The molecule has 0 aliphatic rings. The maximum absolute atomic E-state index is 13.5. The molecule has 14 nitrogen and oxygen atoms in total. The zero-order chi connectivity index (χ0) is 33.2. The van der Waals surface area contributed by atoms with E-state index in [2.05, 4.69) is 25.7 Å². The van der Waals surface area contributed by atoms with Crippen LogP contribution < -0.4 is 16.0 Å². The predicted octanol–water partition coefficient (Wildman–Crippen LogP) is 2.65. The van der Waals surface area contributed by atoms with Crippen LogP contribution in [0, 0.1) is 5.41 Å². The number of hydrogen-bond donors (Lipinski definition) is 6. The minimum atomic E-state index is -1.83. The number of aromatic nitrogens is 1. The van der Waals surface area contributed by atoms with Crippen molar-refractivity contribution in [3.63, 3.8) is 0 Å². The number of carbonyl (C=O) groups excluding carboxylic acids is 4. The molecule has 2 unspecified atom stereocenters. The Morgan fingerprint density at radius 3 is 2.22 bits per heavy atom. The summed E-state index contributed by atoms with van der Waals surface area (Å²) in [5.74, 6) is -4.52. The lowest BCUT2D eigenvalue weighted by Gasteiger charge is -2.29. The first-order valence-corrected chi connectivity index (χ1v) is 14.0. The SMILES string of the molecule is CC(Cc1c[nH]c2ccccc12)(NC(=O)O)C(=O)NCC(NC(=O)CCC(=O)OCOC(=O)C(C)(C)C(=O)O)c1ccccc1. The second kappa shape index (κ2) is 14.9. The van der Waals surface area contributed by atoms with E-state index < -0.39 is 59.6 Å². The van der Waals surface area contributed by atoms with Crippen LogP contribution in [0.5, 0.6) is 0 Å². The monoisotopic (exact) mass is 624 g/mol. The molecule has 0 bridgehead atoms. The predicted molar refractivity (Wildman–Crippen MR) is 160 cm³/mol. The van der Waals surface area contributed by atoms with Gasteiger partial charge in [0.25, 0.3) is 0 Å². The van der Waals surface area contributed by atoms with Crippen molar-refractivity contribution >= 4 is 46.7 Å². The zero-order valence-electron chi connectivity index (χ0n) is 25.0. The molecule has 0 radical (unpaired) electrons. The number of ether oxygens (including phenoxy) is 2. The average molecular weight is 625 g/mol. The molecule has 6 N–H and O–H groups in total. The Kier molecular flexibility index (Phi) is 11.3. The number of carboxylic acid groups (broad SMARTS) is 2. The van der Waals surface area contributed by atoms with E-state index >= 15 is 0 Å². The van der Waals surface area contributed by atoms with E-state index in [-0.39, 0.29) is 25.8 Å². The van der Waals surface area contributed by atoms with Gasteiger partial charge in [0.15, 0.2) is 5.41 Å². The van der Waals surface area contributed by atoms with E-state index in [9.17, 15) is 33.9 Å². The van der Waals surface area contributed by atoms with Crippen LogP contribution in [0.2, 0.25) is 0 Å². The normalized spacial score (nSPS) is 13.1. The number of aromatic amines is 1. The molecule has 1 aromatic heterocycles. The van der Waals surface area contributed by atoms with Gasteiger partial charge in [-0.1, -0.05) is 48.5 Å². The minimum Gasteiger partial charge on any atom is -0.480 e. The summed E-state index contributed by atoms with van der Waals surface area (Å²) in [5, 5.41) is 27.2. The number of carboxylic acids is 1. The van der Waals surface area contributed by atoms with Crippen molar-refractivity contribution in [1.29, 1.82) is 0 Å². The molecule has 1 heterocycles. The minimum absolute atomic E-state index is 0.0444. The van der Waals surface area contributed by atoms with E-state index in [0.29, 0.717) is 5.56 Å². The molecule has 3 rings (SSSR count). The highest BCUT2D eigenvalue weighted by molar-refractivity contribution is 5.98. The van der Waals surface area contributed by atoms with E-state index in [0.717, 1.165) is 30.3 Å². The van der Waals surface area contributed by atoms with E-state index in [1.165, 1.54) is 6.92 Å². The molecule has 0 fully saturated rings. The smallest absolute Gasteiger partial charge is 0.405 e. The van der Waals surface area contributed by atoms with Gasteiger partial charge in [0.2, 0.25) is 18.6 Å². The van der Waals surface area contributed by atoms with Gasteiger partial charge in [-0.15, -0.1) is 0 Å². The number of hydrogen-bond acceptors (Lipinski definition) is 8. The van der Waals surface area contributed by atoms with Crippen molar-refractivity contribution in [2.75, 3.05) is 13.3 Å². The fraction of sp³-hybridized carbons (Fsp3) is 0.355.